The molecule has 3 heteroatoms. The summed E-state index contributed by atoms with van der Waals surface area (Å²) in [5.74, 6) is 0. The number of hydrogen-bond acceptors (Lipinski definition) is 3. The van der Waals surface area contributed by atoms with E-state index in [4.69, 9.17) is 10.5 Å². The highest BCUT2D eigenvalue weighted by molar-refractivity contribution is 5.48. The van der Waals surface area contributed by atoms with Gasteiger partial charge in [0.15, 0.2) is 0 Å². The fourth-order valence-corrected chi connectivity index (χ4v) is 2.84. The van der Waals surface area contributed by atoms with E-state index in [1.54, 1.807) is 0 Å². The van der Waals surface area contributed by atoms with E-state index in [9.17, 15) is 0 Å². The molecule has 1 fully saturated rings. The topological polar surface area (TPSA) is 38.5 Å². The number of hydrogen-bond donors (Lipinski definition) is 1. The number of rotatable bonds is 5. The van der Waals surface area contributed by atoms with Crippen molar-refractivity contribution in [1.29, 1.82) is 0 Å². The molecule has 0 radical (unpaired) electrons. The van der Waals surface area contributed by atoms with Crippen molar-refractivity contribution in [2.75, 3.05) is 19.6 Å². The van der Waals surface area contributed by atoms with Crippen molar-refractivity contribution in [3.05, 3.63) is 42.0 Å². The third kappa shape index (κ3) is 4.44. The summed E-state index contributed by atoms with van der Waals surface area (Å²) in [5, 5.41) is 0. The zero-order valence-electron chi connectivity index (χ0n) is 12.5. The first-order valence-electron chi connectivity index (χ1n) is 7.50. The lowest BCUT2D eigenvalue weighted by atomic mass is 10.1. The summed E-state index contributed by atoms with van der Waals surface area (Å²) in [5.41, 5.74) is 7.20. The van der Waals surface area contributed by atoms with Crippen LogP contribution in [0.3, 0.4) is 0 Å². The Morgan fingerprint density at radius 1 is 1.25 bits per heavy atom. The maximum Gasteiger partial charge on any atom is 0.0678 e. The summed E-state index contributed by atoms with van der Waals surface area (Å²) < 4.78 is 5.78. The van der Waals surface area contributed by atoms with Crippen LogP contribution in [0.2, 0.25) is 0 Å². The highest BCUT2D eigenvalue weighted by Crippen LogP contribution is 2.16. The van der Waals surface area contributed by atoms with Gasteiger partial charge in [-0.05, 0) is 25.8 Å². The Morgan fingerprint density at radius 2 is 1.90 bits per heavy atom. The Hall–Kier alpha value is -1.16. The lowest BCUT2D eigenvalue weighted by Gasteiger charge is -2.39. The Bertz CT molecular complexity index is 408. The van der Waals surface area contributed by atoms with Gasteiger partial charge in [-0.25, -0.2) is 0 Å². The van der Waals surface area contributed by atoms with Gasteiger partial charge in [-0.1, -0.05) is 42.5 Å². The molecule has 1 aromatic rings. The maximum absolute atomic E-state index is 5.96. The highest BCUT2D eigenvalue weighted by Gasteiger charge is 2.26. The van der Waals surface area contributed by atoms with E-state index in [0.717, 1.165) is 19.5 Å². The summed E-state index contributed by atoms with van der Waals surface area (Å²) in [6.07, 6.45) is 6.00. The van der Waals surface area contributed by atoms with Crippen LogP contribution >= 0.6 is 0 Å². The molecule has 1 saturated heterocycles. The third-order valence-corrected chi connectivity index (χ3v) is 3.75. The quantitative estimate of drug-likeness (QED) is 0.896. The van der Waals surface area contributed by atoms with Gasteiger partial charge in [-0.2, -0.15) is 0 Å². The van der Waals surface area contributed by atoms with Gasteiger partial charge in [0.05, 0.1) is 12.2 Å². The zero-order chi connectivity index (χ0) is 14.4. The molecule has 0 aromatic heterocycles. The van der Waals surface area contributed by atoms with E-state index in [1.165, 1.54) is 5.56 Å². The monoisotopic (exact) mass is 274 g/mol. The third-order valence-electron chi connectivity index (χ3n) is 3.75. The van der Waals surface area contributed by atoms with Crippen LogP contribution in [0, 0.1) is 0 Å². The minimum Gasteiger partial charge on any atom is -0.373 e. The number of ether oxygens (including phenoxy) is 1. The van der Waals surface area contributed by atoms with E-state index < -0.39 is 0 Å². The van der Waals surface area contributed by atoms with E-state index in [0.29, 0.717) is 24.8 Å². The molecule has 20 heavy (non-hydrogen) atoms. The van der Waals surface area contributed by atoms with E-state index >= 15 is 0 Å². The van der Waals surface area contributed by atoms with Crippen molar-refractivity contribution in [2.24, 2.45) is 5.73 Å². The lowest BCUT2D eigenvalue weighted by molar-refractivity contribution is -0.0789. The molecule has 0 aliphatic carbocycles. The summed E-state index contributed by atoms with van der Waals surface area (Å²) in [6.45, 7) is 6.92. The van der Waals surface area contributed by atoms with Gasteiger partial charge in [0.25, 0.3) is 0 Å². The Morgan fingerprint density at radius 3 is 2.50 bits per heavy atom. The van der Waals surface area contributed by atoms with Gasteiger partial charge in [-0.3, -0.25) is 4.90 Å². The van der Waals surface area contributed by atoms with E-state index in [2.05, 4.69) is 55.2 Å². The fraction of sp³-hybridized carbons (Fsp3) is 0.529. The number of morpholine rings is 1. The second-order valence-electron chi connectivity index (χ2n) is 5.65. The minimum atomic E-state index is 0.297. The Balaban J connectivity index is 1.90. The zero-order valence-corrected chi connectivity index (χ0v) is 12.5. The van der Waals surface area contributed by atoms with Crippen LogP contribution in [0.5, 0.6) is 0 Å². The predicted octanol–water partition coefficient (Wildman–Crippen LogP) is 2.53. The van der Waals surface area contributed by atoms with Gasteiger partial charge in [0.2, 0.25) is 0 Å². The van der Waals surface area contributed by atoms with Gasteiger partial charge in [-0.15, -0.1) is 0 Å². The van der Waals surface area contributed by atoms with Crippen LogP contribution < -0.4 is 5.73 Å². The van der Waals surface area contributed by atoms with Gasteiger partial charge in [0, 0.05) is 25.7 Å². The molecule has 1 aliphatic rings. The second-order valence-corrected chi connectivity index (χ2v) is 5.65. The van der Waals surface area contributed by atoms with Gasteiger partial charge < -0.3 is 10.5 Å². The number of nitrogens with two attached hydrogens (primary N) is 1. The molecular weight excluding hydrogens is 248 g/mol. The van der Waals surface area contributed by atoms with Crippen molar-refractivity contribution in [2.45, 2.75) is 38.5 Å². The minimum absolute atomic E-state index is 0.297. The van der Waals surface area contributed by atoms with Crippen LogP contribution in [0.4, 0.5) is 0 Å². The van der Waals surface area contributed by atoms with Crippen molar-refractivity contribution in [3.63, 3.8) is 0 Å². The van der Waals surface area contributed by atoms with Crippen molar-refractivity contribution in [3.8, 4) is 0 Å². The molecule has 0 bridgehead atoms. The van der Waals surface area contributed by atoms with Crippen LogP contribution in [-0.2, 0) is 4.74 Å². The first-order valence-corrected chi connectivity index (χ1v) is 7.50. The van der Waals surface area contributed by atoms with Gasteiger partial charge in [0.1, 0.15) is 0 Å². The molecule has 1 aliphatic heterocycles. The van der Waals surface area contributed by atoms with Crippen LogP contribution in [0.15, 0.2) is 36.4 Å². The molecular formula is C17H26N2O. The molecule has 2 rings (SSSR count). The molecule has 2 N–H and O–H groups in total. The smallest absolute Gasteiger partial charge is 0.0678 e. The maximum atomic E-state index is 5.96. The van der Waals surface area contributed by atoms with Crippen molar-refractivity contribution in [1.82, 2.24) is 4.90 Å². The fourth-order valence-electron chi connectivity index (χ4n) is 2.84. The molecule has 3 nitrogen and oxygen atoms in total. The summed E-state index contributed by atoms with van der Waals surface area (Å²) in [6, 6.07) is 10.8. The van der Waals surface area contributed by atoms with Crippen molar-refractivity contribution >= 4 is 6.08 Å². The van der Waals surface area contributed by atoms with E-state index in [1.807, 2.05) is 6.07 Å². The summed E-state index contributed by atoms with van der Waals surface area (Å²) >= 11 is 0. The standard InChI is InChI=1S/C17H26N2O/c1-14-12-19(13-15(2)20-14)17(11-18)10-6-9-16-7-4-3-5-8-16/h3-9,14-15,17H,10-13,18H2,1-2H3/b9-6-. The molecule has 1 heterocycles. The number of nitrogens with zero attached hydrogens (tertiary/aromatic N) is 1. The van der Waals surface area contributed by atoms with Crippen LogP contribution in [0.1, 0.15) is 25.8 Å². The average molecular weight is 274 g/mol. The highest BCUT2D eigenvalue weighted by atomic mass is 16.5. The average Bonchev–Trinajstić information content (AvgIpc) is 2.43. The summed E-state index contributed by atoms with van der Waals surface area (Å²) in [7, 11) is 0. The first kappa shape index (κ1) is 15.2. The molecule has 1 aromatic carbocycles. The van der Waals surface area contributed by atoms with E-state index in [-0.39, 0.29) is 0 Å². The molecule has 0 spiro atoms. The van der Waals surface area contributed by atoms with Crippen LogP contribution in [0.25, 0.3) is 6.08 Å². The first-order chi connectivity index (χ1) is 9.69. The Labute approximate surface area is 122 Å². The SMILES string of the molecule is CC1CN(C(CN)C/C=C\c2ccccc2)CC(C)O1. The predicted molar refractivity (Wildman–Crippen MR) is 84.5 cm³/mol. The molecule has 0 amide bonds. The number of benzene rings is 1. The molecule has 3 unspecified atom stereocenters. The second kappa shape index (κ2) is 7.58. The summed E-state index contributed by atoms with van der Waals surface area (Å²) in [4.78, 5) is 2.47. The Kier molecular flexibility index (Phi) is 5.77. The van der Waals surface area contributed by atoms with Crippen LogP contribution in [-0.4, -0.2) is 42.8 Å². The van der Waals surface area contributed by atoms with Crippen molar-refractivity contribution < 1.29 is 4.74 Å². The normalized spacial score (nSPS) is 25.9. The van der Waals surface area contributed by atoms with Gasteiger partial charge >= 0.3 is 0 Å². The molecule has 0 saturated carbocycles. The molecule has 3 atom stereocenters. The molecule has 110 valence electrons. The lowest BCUT2D eigenvalue weighted by Crippen LogP contribution is -2.52. The largest absolute Gasteiger partial charge is 0.373 e.